The number of aliphatic hydroxyl groups is 1. The van der Waals surface area contributed by atoms with Gasteiger partial charge in [-0.2, -0.15) is 0 Å². The third-order valence-corrected chi connectivity index (χ3v) is 10.6. The highest BCUT2D eigenvalue weighted by atomic mass is 16.5. The molecular formula is C49H42O3. The van der Waals surface area contributed by atoms with Crippen LogP contribution in [0.4, 0.5) is 0 Å². The number of benzene rings is 9. The molecule has 0 amide bonds. The van der Waals surface area contributed by atoms with Crippen LogP contribution in [0.3, 0.4) is 0 Å². The fourth-order valence-corrected chi connectivity index (χ4v) is 7.90. The fraction of sp³-hybridized carbons (Fsp3) is 0.143. The van der Waals surface area contributed by atoms with E-state index < -0.39 is 6.10 Å². The normalized spacial score (nSPS) is 11.5. The Labute approximate surface area is 304 Å². The first-order valence-electron chi connectivity index (χ1n) is 18.0. The van der Waals surface area contributed by atoms with Crippen molar-refractivity contribution in [1.82, 2.24) is 0 Å². The number of hydrogen-bond acceptors (Lipinski definition) is 3. The summed E-state index contributed by atoms with van der Waals surface area (Å²) in [6.07, 6.45) is -0.789. The van der Waals surface area contributed by atoms with E-state index in [1.807, 2.05) is 48.5 Å². The maximum Gasteiger partial charge on any atom is 0.135 e. The molecule has 52 heavy (non-hydrogen) atoms. The molecular weight excluding hydrogens is 637 g/mol. The number of fused-ring (bicyclic) bond motifs is 6. The van der Waals surface area contributed by atoms with Crippen LogP contribution in [-0.4, -0.2) is 24.4 Å². The number of hydrogen-bond donors (Lipinski definition) is 1. The van der Waals surface area contributed by atoms with Crippen molar-refractivity contribution in [3.8, 4) is 11.5 Å². The zero-order valence-corrected chi connectivity index (χ0v) is 30.1. The van der Waals surface area contributed by atoms with Crippen LogP contribution in [0, 0.1) is 27.7 Å². The minimum Gasteiger partial charge on any atom is -0.489 e. The van der Waals surface area contributed by atoms with E-state index >= 15 is 0 Å². The highest BCUT2D eigenvalue weighted by Crippen LogP contribution is 2.39. The fourth-order valence-electron chi connectivity index (χ4n) is 7.90. The molecule has 0 atom stereocenters. The highest BCUT2D eigenvalue weighted by Gasteiger charge is 2.17. The molecule has 256 valence electrons. The first-order chi connectivity index (χ1) is 25.4. The summed E-state index contributed by atoms with van der Waals surface area (Å²) in [5, 5.41) is 25.3. The van der Waals surface area contributed by atoms with Crippen molar-refractivity contribution in [3.05, 3.63) is 168 Å². The van der Waals surface area contributed by atoms with Gasteiger partial charge >= 0.3 is 0 Å². The predicted molar refractivity (Wildman–Crippen MR) is 220 cm³/mol. The third kappa shape index (κ3) is 5.87. The number of aliphatic hydroxyl groups excluding tert-OH is 1. The lowest BCUT2D eigenvalue weighted by atomic mass is 9.93. The first kappa shape index (κ1) is 33.3. The average Bonchev–Trinajstić information content (AvgIpc) is 3.20. The molecule has 9 aromatic carbocycles. The van der Waals surface area contributed by atoms with Crippen molar-refractivity contribution >= 4 is 64.6 Å². The maximum absolute atomic E-state index is 10.9. The lowest BCUT2D eigenvalue weighted by Gasteiger charge is -2.19. The summed E-state index contributed by atoms with van der Waals surface area (Å²) >= 11 is 0. The molecule has 3 heteroatoms. The van der Waals surface area contributed by atoms with Gasteiger partial charge in [-0.05, 0) is 93.0 Å². The van der Waals surface area contributed by atoms with Crippen molar-refractivity contribution in [3.63, 3.8) is 0 Å². The number of rotatable bonds is 6. The highest BCUT2D eigenvalue weighted by molar-refractivity contribution is 6.09. The number of aryl methyl sites for hydroxylation is 4. The van der Waals surface area contributed by atoms with Gasteiger partial charge in [-0.25, -0.2) is 0 Å². The second kappa shape index (κ2) is 14.0. The third-order valence-electron chi connectivity index (χ3n) is 10.6. The van der Waals surface area contributed by atoms with Gasteiger partial charge in [0.25, 0.3) is 0 Å². The van der Waals surface area contributed by atoms with E-state index in [2.05, 4.69) is 125 Å². The largest absolute Gasteiger partial charge is 0.489 e. The van der Waals surface area contributed by atoms with E-state index in [4.69, 9.17) is 9.47 Å². The molecule has 0 heterocycles. The van der Waals surface area contributed by atoms with Crippen LogP contribution in [0.2, 0.25) is 0 Å². The summed E-state index contributed by atoms with van der Waals surface area (Å²) in [5.41, 5.74) is 5.24. The van der Waals surface area contributed by atoms with Crippen LogP contribution in [0.25, 0.3) is 64.6 Å². The topological polar surface area (TPSA) is 38.7 Å². The molecule has 0 spiro atoms. The summed E-state index contributed by atoms with van der Waals surface area (Å²) in [6.45, 7) is 8.99. The molecule has 0 bridgehead atoms. The summed E-state index contributed by atoms with van der Waals surface area (Å²) in [5.74, 6) is 1.61. The quantitative estimate of drug-likeness (QED) is 0.178. The van der Waals surface area contributed by atoms with Gasteiger partial charge in [-0.15, -0.1) is 0 Å². The van der Waals surface area contributed by atoms with Crippen molar-refractivity contribution in [2.75, 3.05) is 13.2 Å². The second-order valence-electron chi connectivity index (χ2n) is 13.7. The van der Waals surface area contributed by atoms with Gasteiger partial charge < -0.3 is 14.6 Å². The molecule has 0 radical (unpaired) electrons. The zero-order valence-electron chi connectivity index (χ0n) is 30.1. The van der Waals surface area contributed by atoms with Crippen molar-refractivity contribution in [2.45, 2.75) is 33.8 Å². The van der Waals surface area contributed by atoms with E-state index in [1.165, 1.54) is 43.8 Å². The lowest BCUT2D eigenvalue weighted by Crippen LogP contribution is -2.25. The molecule has 0 unspecified atom stereocenters. The second-order valence-corrected chi connectivity index (χ2v) is 13.7. The SMILES string of the molecule is Cc1c2ccccc2c(C)c2ccccc12.Cc1c2ccccc2c(OCC(O)COc2c3ccccc3c(C)c3ccccc23)c2ccccc12. The van der Waals surface area contributed by atoms with E-state index in [-0.39, 0.29) is 13.2 Å². The Hall–Kier alpha value is -5.90. The Morgan fingerprint density at radius 1 is 0.327 bits per heavy atom. The molecule has 1 N–H and O–H groups in total. The van der Waals surface area contributed by atoms with Crippen LogP contribution in [-0.2, 0) is 0 Å². The standard InChI is InChI=1S/C33H28O3.C16H14/c1-21-24-11-3-7-15-28(24)32(29-16-8-4-12-25(21)29)35-19-23(34)20-36-33-30-17-9-5-13-26(30)22(2)27-14-6-10-18-31(27)33;1-11-13-7-3-5-9-15(13)12(2)16-10-6-4-8-14(11)16/h3-18,23,34H,19-20H2,1-2H3;3-10H,1-2H3. The molecule has 0 aliphatic heterocycles. The molecule has 0 aliphatic carbocycles. The Kier molecular flexibility index (Phi) is 8.97. The van der Waals surface area contributed by atoms with E-state index in [0.29, 0.717) is 0 Å². The van der Waals surface area contributed by atoms with Crippen molar-refractivity contribution in [1.29, 1.82) is 0 Å². The molecule has 3 nitrogen and oxygen atoms in total. The van der Waals surface area contributed by atoms with Gasteiger partial charge in [0.05, 0.1) is 0 Å². The Morgan fingerprint density at radius 3 is 0.712 bits per heavy atom. The minimum atomic E-state index is -0.789. The van der Waals surface area contributed by atoms with Crippen LogP contribution in [0.1, 0.15) is 22.3 Å². The van der Waals surface area contributed by atoms with E-state index in [1.54, 1.807) is 0 Å². The van der Waals surface area contributed by atoms with Gasteiger partial charge in [0.1, 0.15) is 30.8 Å². The van der Waals surface area contributed by atoms with Crippen molar-refractivity contribution in [2.24, 2.45) is 0 Å². The maximum atomic E-state index is 10.9. The predicted octanol–water partition coefficient (Wildman–Crippen LogP) is 12.3. The molecule has 0 saturated heterocycles. The van der Waals surface area contributed by atoms with Gasteiger partial charge in [0, 0.05) is 21.5 Å². The summed E-state index contributed by atoms with van der Waals surface area (Å²) < 4.78 is 12.6. The Balaban J connectivity index is 0.000000201. The van der Waals surface area contributed by atoms with Gasteiger partial charge in [0.2, 0.25) is 0 Å². The summed E-state index contributed by atoms with van der Waals surface area (Å²) in [7, 11) is 0. The Morgan fingerprint density at radius 2 is 0.500 bits per heavy atom. The molecule has 0 fully saturated rings. The van der Waals surface area contributed by atoms with Gasteiger partial charge in [-0.3, -0.25) is 0 Å². The molecule has 9 rings (SSSR count). The summed E-state index contributed by atoms with van der Waals surface area (Å²) in [6, 6.07) is 50.4. The Bertz CT molecular complexity index is 2400. The first-order valence-corrected chi connectivity index (χ1v) is 18.0. The van der Waals surface area contributed by atoms with Crippen LogP contribution in [0.5, 0.6) is 11.5 Å². The molecule has 0 saturated carbocycles. The average molecular weight is 679 g/mol. The number of ether oxygens (including phenoxy) is 2. The molecule has 9 aromatic rings. The monoisotopic (exact) mass is 678 g/mol. The van der Waals surface area contributed by atoms with Gasteiger partial charge in [-0.1, -0.05) is 146 Å². The molecule has 0 aliphatic rings. The van der Waals surface area contributed by atoms with Crippen LogP contribution >= 0.6 is 0 Å². The lowest BCUT2D eigenvalue weighted by molar-refractivity contribution is 0.0647. The van der Waals surface area contributed by atoms with Gasteiger partial charge in [0.15, 0.2) is 0 Å². The van der Waals surface area contributed by atoms with Crippen LogP contribution in [0.15, 0.2) is 146 Å². The van der Waals surface area contributed by atoms with E-state index in [0.717, 1.165) is 54.6 Å². The minimum absolute atomic E-state index is 0.138. The zero-order chi connectivity index (χ0) is 35.8. The van der Waals surface area contributed by atoms with Crippen LogP contribution < -0.4 is 9.47 Å². The van der Waals surface area contributed by atoms with E-state index in [9.17, 15) is 5.11 Å². The smallest absolute Gasteiger partial charge is 0.135 e. The summed E-state index contributed by atoms with van der Waals surface area (Å²) in [4.78, 5) is 0. The molecule has 0 aromatic heterocycles. The van der Waals surface area contributed by atoms with Crippen molar-refractivity contribution < 1.29 is 14.6 Å².